The van der Waals surface area contributed by atoms with Crippen LogP contribution in [0.2, 0.25) is 0 Å². The molecule has 1 aliphatic rings. The first-order chi connectivity index (χ1) is 12.0. The van der Waals surface area contributed by atoms with Gasteiger partial charge in [-0.15, -0.1) is 0 Å². The van der Waals surface area contributed by atoms with Crippen LogP contribution in [0, 0.1) is 5.82 Å². The monoisotopic (exact) mass is 341 g/mol. The highest BCUT2D eigenvalue weighted by molar-refractivity contribution is 5.96. The van der Waals surface area contributed by atoms with Gasteiger partial charge < -0.3 is 10.0 Å². The summed E-state index contributed by atoms with van der Waals surface area (Å²) in [7, 11) is 0. The Morgan fingerprint density at radius 3 is 2.24 bits per heavy atom. The average molecular weight is 341 g/mol. The molecule has 1 fully saturated rings. The van der Waals surface area contributed by atoms with E-state index in [-0.39, 0.29) is 11.6 Å². The molecule has 1 N–H and O–H groups in total. The second-order valence-electron chi connectivity index (χ2n) is 6.75. The highest BCUT2D eigenvalue weighted by Crippen LogP contribution is 2.34. The van der Waals surface area contributed by atoms with Crippen molar-refractivity contribution in [3.63, 3.8) is 0 Å². The molecule has 2 aromatic carbocycles. The van der Waals surface area contributed by atoms with Crippen molar-refractivity contribution in [1.82, 2.24) is 0 Å². The van der Waals surface area contributed by atoms with Gasteiger partial charge in [-0.25, -0.2) is 4.39 Å². The van der Waals surface area contributed by atoms with Crippen LogP contribution in [-0.2, 0) is 5.60 Å². The SMILES string of the molecule is CCCC(=O)c1ccc(N2CCC(O)(c3ccc(F)cc3)CC2)cc1. The molecule has 0 atom stereocenters. The van der Waals surface area contributed by atoms with Gasteiger partial charge in [0, 0.05) is 30.8 Å². The zero-order valence-electron chi connectivity index (χ0n) is 14.5. The van der Waals surface area contributed by atoms with E-state index in [0.717, 1.165) is 36.3 Å². The lowest BCUT2D eigenvalue weighted by Crippen LogP contribution is -2.42. The van der Waals surface area contributed by atoms with Gasteiger partial charge in [-0.3, -0.25) is 4.79 Å². The molecule has 2 aromatic rings. The van der Waals surface area contributed by atoms with E-state index in [1.54, 1.807) is 12.1 Å². The van der Waals surface area contributed by atoms with Gasteiger partial charge in [0.15, 0.2) is 5.78 Å². The third kappa shape index (κ3) is 3.90. The maximum absolute atomic E-state index is 13.1. The number of aliphatic hydroxyl groups is 1. The standard InChI is InChI=1S/C21H24FNO2/c1-2-3-20(24)16-4-10-19(11-5-16)23-14-12-21(25,13-15-23)17-6-8-18(22)9-7-17/h4-11,25H,2-3,12-15H2,1H3. The van der Waals surface area contributed by atoms with E-state index in [9.17, 15) is 14.3 Å². The van der Waals surface area contributed by atoms with Crippen LogP contribution in [0.5, 0.6) is 0 Å². The number of carbonyl (C=O) groups excluding carboxylic acids is 1. The Morgan fingerprint density at radius 1 is 1.08 bits per heavy atom. The first-order valence-electron chi connectivity index (χ1n) is 8.88. The summed E-state index contributed by atoms with van der Waals surface area (Å²) in [6.45, 7) is 3.44. The average Bonchev–Trinajstić information content (AvgIpc) is 2.63. The highest BCUT2D eigenvalue weighted by Gasteiger charge is 2.34. The molecule has 132 valence electrons. The number of halogens is 1. The van der Waals surface area contributed by atoms with Gasteiger partial charge in [0.05, 0.1) is 5.60 Å². The van der Waals surface area contributed by atoms with E-state index in [1.165, 1.54) is 12.1 Å². The van der Waals surface area contributed by atoms with Gasteiger partial charge in [-0.1, -0.05) is 19.1 Å². The van der Waals surface area contributed by atoms with Crippen LogP contribution in [0.1, 0.15) is 48.5 Å². The number of piperidine rings is 1. The number of rotatable bonds is 5. The van der Waals surface area contributed by atoms with E-state index in [1.807, 2.05) is 31.2 Å². The lowest BCUT2D eigenvalue weighted by atomic mass is 9.84. The third-order valence-electron chi connectivity index (χ3n) is 5.00. The number of ketones is 1. The molecule has 0 bridgehead atoms. The predicted octanol–water partition coefficient (Wildman–Crippen LogP) is 4.30. The molecule has 0 aliphatic carbocycles. The minimum absolute atomic E-state index is 0.179. The van der Waals surface area contributed by atoms with Gasteiger partial charge in [0.1, 0.15) is 5.82 Å². The molecule has 1 saturated heterocycles. The fourth-order valence-electron chi connectivity index (χ4n) is 3.41. The van der Waals surface area contributed by atoms with Crippen LogP contribution in [0.4, 0.5) is 10.1 Å². The molecule has 3 nitrogen and oxygen atoms in total. The van der Waals surface area contributed by atoms with Crippen molar-refractivity contribution in [2.45, 2.75) is 38.2 Å². The molecule has 3 rings (SSSR count). The number of nitrogens with zero attached hydrogens (tertiary/aromatic N) is 1. The summed E-state index contributed by atoms with van der Waals surface area (Å²) in [6, 6.07) is 13.8. The molecule has 0 unspecified atom stereocenters. The number of carbonyl (C=O) groups is 1. The zero-order chi connectivity index (χ0) is 17.9. The summed E-state index contributed by atoms with van der Waals surface area (Å²) in [5.41, 5.74) is 1.69. The van der Waals surface area contributed by atoms with E-state index in [0.29, 0.717) is 19.3 Å². The van der Waals surface area contributed by atoms with Gasteiger partial charge in [-0.05, 0) is 61.2 Å². The lowest BCUT2D eigenvalue weighted by Gasteiger charge is -2.39. The minimum atomic E-state index is -0.902. The Labute approximate surface area is 148 Å². The van der Waals surface area contributed by atoms with Crippen molar-refractivity contribution in [3.8, 4) is 0 Å². The summed E-state index contributed by atoms with van der Waals surface area (Å²) in [5.74, 6) is -0.110. The molecule has 0 saturated carbocycles. The molecule has 0 spiro atoms. The smallest absolute Gasteiger partial charge is 0.162 e. The largest absolute Gasteiger partial charge is 0.385 e. The Balaban J connectivity index is 1.65. The van der Waals surface area contributed by atoms with Crippen molar-refractivity contribution < 1.29 is 14.3 Å². The molecule has 0 amide bonds. The van der Waals surface area contributed by atoms with Crippen molar-refractivity contribution in [3.05, 3.63) is 65.5 Å². The summed E-state index contributed by atoms with van der Waals surface area (Å²) in [5, 5.41) is 10.9. The van der Waals surface area contributed by atoms with Crippen molar-refractivity contribution in [2.24, 2.45) is 0 Å². The lowest BCUT2D eigenvalue weighted by molar-refractivity contribution is 0.0117. The normalized spacial score (nSPS) is 16.7. The van der Waals surface area contributed by atoms with Crippen LogP contribution < -0.4 is 4.90 Å². The second-order valence-corrected chi connectivity index (χ2v) is 6.75. The number of hydrogen-bond acceptors (Lipinski definition) is 3. The topological polar surface area (TPSA) is 40.5 Å². The minimum Gasteiger partial charge on any atom is -0.385 e. The first-order valence-corrected chi connectivity index (χ1v) is 8.88. The van der Waals surface area contributed by atoms with Gasteiger partial charge in [0.25, 0.3) is 0 Å². The van der Waals surface area contributed by atoms with Gasteiger partial charge >= 0.3 is 0 Å². The van der Waals surface area contributed by atoms with Gasteiger partial charge in [-0.2, -0.15) is 0 Å². The molecule has 25 heavy (non-hydrogen) atoms. The fourth-order valence-corrected chi connectivity index (χ4v) is 3.41. The molecule has 1 aliphatic heterocycles. The van der Waals surface area contributed by atoms with E-state index < -0.39 is 5.60 Å². The van der Waals surface area contributed by atoms with Crippen molar-refractivity contribution in [2.75, 3.05) is 18.0 Å². The van der Waals surface area contributed by atoms with Crippen LogP contribution >= 0.6 is 0 Å². The molecule has 0 aromatic heterocycles. The Kier molecular flexibility index (Phi) is 5.19. The van der Waals surface area contributed by atoms with Crippen molar-refractivity contribution >= 4 is 11.5 Å². The van der Waals surface area contributed by atoms with Crippen LogP contribution in [-0.4, -0.2) is 24.0 Å². The van der Waals surface area contributed by atoms with Crippen LogP contribution in [0.15, 0.2) is 48.5 Å². The highest BCUT2D eigenvalue weighted by atomic mass is 19.1. The summed E-state index contributed by atoms with van der Waals surface area (Å²) in [4.78, 5) is 14.1. The summed E-state index contributed by atoms with van der Waals surface area (Å²) < 4.78 is 13.1. The first kappa shape index (κ1) is 17.6. The van der Waals surface area contributed by atoms with E-state index >= 15 is 0 Å². The van der Waals surface area contributed by atoms with Gasteiger partial charge in [0.2, 0.25) is 0 Å². The quantitative estimate of drug-likeness (QED) is 0.825. The predicted molar refractivity (Wildman–Crippen MR) is 97.4 cm³/mol. The molecule has 1 heterocycles. The van der Waals surface area contributed by atoms with E-state index in [2.05, 4.69) is 4.90 Å². The molecular formula is C21H24FNO2. The molecule has 0 radical (unpaired) electrons. The number of Topliss-reactive ketones (excluding diaryl/α,β-unsaturated/α-hetero) is 1. The van der Waals surface area contributed by atoms with Crippen LogP contribution in [0.3, 0.4) is 0 Å². The maximum Gasteiger partial charge on any atom is 0.162 e. The molecule has 4 heteroatoms. The van der Waals surface area contributed by atoms with Crippen molar-refractivity contribution in [1.29, 1.82) is 0 Å². The molecular weight excluding hydrogens is 317 g/mol. The number of hydrogen-bond donors (Lipinski definition) is 1. The zero-order valence-corrected chi connectivity index (χ0v) is 14.5. The summed E-state index contributed by atoms with van der Waals surface area (Å²) in [6.07, 6.45) is 2.62. The number of anilines is 1. The summed E-state index contributed by atoms with van der Waals surface area (Å²) >= 11 is 0. The Bertz CT molecular complexity index is 717. The maximum atomic E-state index is 13.1. The Morgan fingerprint density at radius 2 is 1.68 bits per heavy atom. The fraction of sp³-hybridized carbons (Fsp3) is 0.381. The number of benzene rings is 2. The van der Waals surface area contributed by atoms with Crippen LogP contribution in [0.25, 0.3) is 0 Å². The third-order valence-corrected chi connectivity index (χ3v) is 5.00. The Hall–Kier alpha value is -2.20. The second kappa shape index (κ2) is 7.36. The van der Waals surface area contributed by atoms with E-state index in [4.69, 9.17) is 0 Å².